The maximum absolute atomic E-state index is 13.0. The van der Waals surface area contributed by atoms with Gasteiger partial charge in [-0.15, -0.1) is 0 Å². The highest BCUT2D eigenvalue weighted by Gasteiger charge is 2.33. The Morgan fingerprint density at radius 2 is 1.80 bits per heavy atom. The van der Waals surface area contributed by atoms with Gasteiger partial charge in [-0.25, -0.2) is 0 Å². The molecule has 0 radical (unpaired) electrons. The van der Waals surface area contributed by atoms with E-state index in [-0.39, 0.29) is 11.9 Å². The van der Waals surface area contributed by atoms with Crippen molar-refractivity contribution in [3.8, 4) is 11.5 Å². The van der Waals surface area contributed by atoms with Gasteiger partial charge in [-0.2, -0.15) is 0 Å². The molecule has 1 amide bonds. The molecule has 0 unspecified atom stereocenters. The molecule has 0 aromatic heterocycles. The van der Waals surface area contributed by atoms with Gasteiger partial charge < -0.3 is 14.4 Å². The van der Waals surface area contributed by atoms with Crippen LogP contribution in [0.5, 0.6) is 11.5 Å². The lowest BCUT2D eigenvalue weighted by Gasteiger charge is -2.39. The topological polar surface area (TPSA) is 42.0 Å². The molecule has 5 nitrogen and oxygen atoms in total. The maximum Gasteiger partial charge on any atom is 0.244 e. The number of benzene rings is 2. The summed E-state index contributed by atoms with van der Waals surface area (Å²) < 4.78 is 10.7. The normalized spacial score (nSPS) is 18.3. The summed E-state index contributed by atoms with van der Waals surface area (Å²) in [5.74, 6) is 1.47. The lowest BCUT2D eigenvalue weighted by atomic mass is 10.1. The summed E-state index contributed by atoms with van der Waals surface area (Å²) in [7, 11) is 3.23. The fourth-order valence-corrected chi connectivity index (χ4v) is 3.19. The van der Waals surface area contributed by atoms with E-state index in [4.69, 9.17) is 9.47 Å². The summed E-state index contributed by atoms with van der Waals surface area (Å²) in [6, 6.07) is 15.6. The first-order chi connectivity index (χ1) is 12.1. The minimum atomic E-state index is -0.190. The summed E-state index contributed by atoms with van der Waals surface area (Å²) in [6.07, 6.45) is 0. The van der Waals surface area contributed by atoms with Crippen LogP contribution in [0.15, 0.2) is 48.5 Å². The van der Waals surface area contributed by atoms with Crippen LogP contribution in [0.3, 0.4) is 0 Å². The van der Waals surface area contributed by atoms with Crippen molar-refractivity contribution in [2.24, 2.45) is 0 Å². The standard InChI is InChI=1S/C20H24N2O3/c1-15-20(23)22(18-13-17(24-2)9-10-19(18)25-3)12-11-21(15)14-16-7-5-4-6-8-16/h4-10,13,15H,11-12,14H2,1-3H3/t15-/m1/s1. The van der Waals surface area contributed by atoms with E-state index in [1.807, 2.05) is 43.3 Å². The Labute approximate surface area is 148 Å². The lowest BCUT2D eigenvalue weighted by molar-refractivity contribution is -0.125. The molecule has 0 saturated carbocycles. The summed E-state index contributed by atoms with van der Waals surface area (Å²) >= 11 is 0. The van der Waals surface area contributed by atoms with Gasteiger partial charge in [0.05, 0.1) is 25.9 Å². The van der Waals surface area contributed by atoms with E-state index < -0.39 is 0 Å². The van der Waals surface area contributed by atoms with Gasteiger partial charge in [-0.05, 0) is 24.6 Å². The molecule has 0 aliphatic carbocycles. The van der Waals surface area contributed by atoms with Crippen LogP contribution in [0.25, 0.3) is 0 Å². The van der Waals surface area contributed by atoms with Crippen LogP contribution in [0.4, 0.5) is 5.69 Å². The third-order valence-electron chi connectivity index (χ3n) is 4.69. The monoisotopic (exact) mass is 340 g/mol. The van der Waals surface area contributed by atoms with Crippen molar-refractivity contribution in [1.29, 1.82) is 0 Å². The van der Waals surface area contributed by atoms with E-state index in [1.165, 1.54) is 5.56 Å². The number of amides is 1. The summed E-state index contributed by atoms with van der Waals surface area (Å²) in [6.45, 7) is 4.17. The number of carbonyl (C=O) groups excluding carboxylic acids is 1. The summed E-state index contributed by atoms with van der Waals surface area (Å²) in [5, 5.41) is 0. The molecule has 0 N–H and O–H groups in total. The highest BCUT2D eigenvalue weighted by Crippen LogP contribution is 2.34. The lowest BCUT2D eigenvalue weighted by Crippen LogP contribution is -2.55. The number of methoxy groups -OCH3 is 2. The zero-order chi connectivity index (χ0) is 17.8. The number of carbonyl (C=O) groups is 1. The van der Waals surface area contributed by atoms with Crippen LogP contribution >= 0.6 is 0 Å². The van der Waals surface area contributed by atoms with E-state index in [1.54, 1.807) is 19.1 Å². The minimum Gasteiger partial charge on any atom is -0.497 e. The van der Waals surface area contributed by atoms with Gasteiger partial charge >= 0.3 is 0 Å². The number of nitrogens with zero attached hydrogens (tertiary/aromatic N) is 2. The van der Waals surface area contributed by atoms with E-state index in [9.17, 15) is 4.79 Å². The predicted octanol–water partition coefficient (Wildman–Crippen LogP) is 2.94. The molecule has 2 aromatic carbocycles. The molecule has 0 bridgehead atoms. The molecular weight excluding hydrogens is 316 g/mol. The van der Waals surface area contributed by atoms with Gasteiger partial charge in [0.25, 0.3) is 0 Å². The summed E-state index contributed by atoms with van der Waals surface area (Å²) in [5.41, 5.74) is 1.98. The second-order valence-electron chi connectivity index (χ2n) is 6.16. The van der Waals surface area contributed by atoms with Crippen LogP contribution in [0, 0.1) is 0 Å². The fourth-order valence-electron chi connectivity index (χ4n) is 3.19. The molecule has 1 fully saturated rings. The first kappa shape index (κ1) is 17.3. The van der Waals surface area contributed by atoms with Crippen LogP contribution in [0.2, 0.25) is 0 Å². The number of hydrogen-bond acceptors (Lipinski definition) is 4. The zero-order valence-electron chi connectivity index (χ0n) is 14.9. The van der Waals surface area contributed by atoms with Crippen LogP contribution in [0.1, 0.15) is 12.5 Å². The van der Waals surface area contributed by atoms with Gasteiger partial charge in [0.1, 0.15) is 11.5 Å². The SMILES string of the molecule is COc1ccc(OC)c(N2CCN(Cc3ccccc3)[C@H](C)C2=O)c1. The number of piperazine rings is 1. The quantitative estimate of drug-likeness (QED) is 0.839. The van der Waals surface area contributed by atoms with Crippen LogP contribution in [-0.2, 0) is 11.3 Å². The predicted molar refractivity (Wildman–Crippen MR) is 98.2 cm³/mol. The zero-order valence-corrected chi connectivity index (χ0v) is 14.9. The Bertz CT molecular complexity index is 733. The molecule has 1 aliphatic heterocycles. The average molecular weight is 340 g/mol. The number of anilines is 1. The van der Waals surface area contributed by atoms with E-state index >= 15 is 0 Å². The number of rotatable bonds is 5. The van der Waals surface area contributed by atoms with E-state index in [0.29, 0.717) is 18.0 Å². The van der Waals surface area contributed by atoms with E-state index in [0.717, 1.165) is 18.8 Å². The molecule has 2 aromatic rings. The second-order valence-corrected chi connectivity index (χ2v) is 6.16. The molecule has 1 heterocycles. The molecule has 1 atom stereocenters. The molecule has 5 heteroatoms. The highest BCUT2D eigenvalue weighted by atomic mass is 16.5. The van der Waals surface area contributed by atoms with Gasteiger partial charge in [0.2, 0.25) is 5.91 Å². The van der Waals surface area contributed by atoms with Crippen molar-refractivity contribution in [3.05, 3.63) is 54.1 Å². The first-order valence-electron chi connectivity index (χ1n) is 8.45. The van der Waals surface area contributed by atoms with Crippen molar-refractivity contribution in [2.45, 2.75) is 19.5 Å². The number of hydrogen-bond donors (Lipinski definition) is 0. The van der Waals surface area contributed by atoms with Crippen LogP contribution < -0.4 is 14.4 Å². The van der Waals surface area contributed by atoms with Crippen molar-refractivity contribution >= 4 is 11.6 Å². The van der Waals surface area contributed by atoms with Gasteiger partial charge in [-0.3, -0.25) is 9.69 Å². The first-order valence-corrected chi connectivity index (χ1v) is 8.45. The minimum absolute atomic E-state index is 0.0775. The molecule has 132 valence electrons. The van der Waals surface area contributed by atoms with Crippen molar-refractivity contribution in [2.75, 3.05) is 32.2 Å². The molecular formula is C20H24N2O3. The molecule has 0 spiro atoms. The Morgan fingerprint density at radius 3 is 2.48 bits per heavy atom. The Morgan fingerprint density at radius 1 is 1.04 bits per heavy atom. The van der Waals surface area contributed by atoms with Gasteiger partial charge in [0.15, 0.2) is 0 Å². The van der Waals surface area contributed by atoms with Gasteiger partial charge in [-0.1, -0.05) is 30.3 Å². The molecule has 25 heavy (non-hydrogen) atoms. The maximum atomic E-state index is 13.0. The third kappa shape index (κ3) is 3.61. The average Bonchev–Trinajstić information content (AvgIpc) is 2.66. The fraction of sp³-hybridized carbons (Fsp3) is 0.350. The Kier molecular flexibility index (Phi) is 5.24. The molecule has 1 aliphatic rings. The smallest absolute Gasteiger partial charge is 0.244 e. The highest BCUT2D eigenvalue weighted by molar-refractivity contribution is 5.99. The Balaban J connectivity index is 1.80. The molecule has 1 saturated heterocycles. The summed E-state index contributed by atoms with van der Waals surface area (Å²) in [4.78, 5) is 17.0. The van der Waals surface area contributed by atoms with Crippen molar-refractivity contribution < 1.29 is 14.3 Å². The van der Waals surface area contributed by atoms with Crippen molar-refractivity contribution in [1.82, 2.24) is 4.90 Å². The van der Waals surface area contributed by atoms with Gasteiger partial charge in [0, 0.05) is 25.7 Å². The van der Waals surface area contributed by atoms with E-state index in [2.05, 4.69) is 17.0 Å². The van der Waals surface area contributed by atoms with Crippen molar-refractivity contribution in [3.63, 3.8) is 0 Å². The molecule has 3 rings (SSSR count). The number of ether oxygens (including phenoxy) is 2. The van der Waals surface area contributed by atoms with Crippen LogP contribution in [-0.4, -0.2) is 44.2 Å². The Hall–Kier alpha value is -2.53. The second kappa shape index (κ2) is 7.57. The largest absolute Gasteiger partial charge is 0.497 e. The third-order valence-corrected chi connectivity index (χ3v) is 4.69.